The molecule has 0 radical (unpaired) electrons. The van der Waals surface area contributed by atoms with Gasteiger partial charge in [-0.15, -0.1) is 0 Å². The third-order valence-electron chi connectivity index (χ3n) is 6.19. The number of rotatable bonds is 7. The minimum Gasteiger partial charge on any atom is -0.493 e. The Kier molecular flexibility index (Phi) is 9.10. The van der Waals surface area contributed by atoms with E-state index in [1.807, 2.05) is 18.2 Å². The number of halogens is 1. The highest BCUT2D eigenvalue weighted by Crippen LogP contribution is 2.37. The summed E-state index contributed by atoms with van der Waals surface area (Å²) in [6, 6.07) is 12.9. The van der Waals surface area contributed by atoms with E-state index in [-0.39, 0.29) is 24.0 Å². The molecule has 2 aromatic rings. The highest BCUT2D eigenvalue weighted by atomic mass is 127. The third-order valence-corrected chi connectivity index (χ3v) is 7.89. The van der Waals surface area contributed by atoms with Gasteiger partial charge in [0.05, 0.1) is 27.2 Å². The number of carbonyl (C=O) groups excluding carboxylic acids is 3. The van der Waals surface area contributed by atoms with E-state index in [9.17, 15) is 19.6 Å². The molecule has 2 saturated heterocycles. The second-order valence-corrected chi connectivity index (χ2v) is 10.8. The van der Waals surface area contributed by atoms with E-state index in [4.69, 9.17) is 9.47 Å². The Morgan fingerprint density at radius 2 is 1.89 bits per heavy atom. The van der Waals surface area contributed by atoms with Gasteiger partial charge in [-0.25, -0.2) is 0 Å². The lowest BCUT2D eigenvalue weighted by Gasteiger charge is -2.22. The molecule has 2 fully saturated rings. The zero-order chi connectivity index (χ0) is 26.4. The molecule has 2 aliphatic heterocycles. The summed E-state index contributed by atoms with van der Waals surface area (Å²) in [5, 5.41) is 8.86. The maximum Gasteiger partial charge on any atom is 0.294 e. The number of nitriles is 1. The van der Waals surface area contributed by atoms with Crippen LogP contribution in [0.4, 0.5) is 4.79 Å². The van der Waals surface area contributed by atoms with Crippen LogP contribution in [-0.4, -0.2) is 53.6 Å². The normalized spacial score (nSPS) is 17.1. The highest BCUT2D eigenvalue weighted by Gasteiger charge is 2.37. The van der Waals surface area contributed by atoms with Crippen LogP contribution in [0.1, 0.15) is 42.4 Å². The van der Waals surface area contributed by atoms with Gasteiger partial charge in [-0.1, -0.05) is 31.0 Å². The predicted molar refractivity (Wildman–Crippen MR) is 149 cm³/mol. The maximum atomic E-state index is 13.0. The number of hydrogen-bond donors (Lipinski definition) is 0. The molecule has 0 spiro atoms. The zero-order valence-corrected chi connectivity index (χ0v) is 23.3. The quantitative estimate of drug-likeness (QED) is 0.307. The lowest BCUT2D eigenvalue weighted by molar-refractivity contribution is -0.135. The summed E-state index contributed by atoms with van der Waals surface area (Å²) in [6.07, 6.45) is 5.69. The van der Waals surface area contributed by atoms with Gasteiger partial charge in [0.25, 0.3) is 11.1 Å². The number of carbonyl (C=O) groups is 3. The van der Waals surface area contributed by atoms with Crippen molar-refractivity contribution in [3.63, 3.8) is 0 Å². The summed E-state index contributed by atoms with van der Waals surface area (Å²) in [6.45, 7) is 1.29. The van der Waals surface area contributed by atoms with Gasteiger partial charge < -0.3 is 14.4 Å². The first-order chi connectivity index (χ1) is 17.9. The molecule has 3 amide bonds. The van der Waals surface area contributed by atoms with E-state index in [0.717, 1.165) is 51.5 Å². The average molecular weight is 631 g/mol. The molecule has 4 rings (SSSR count). The average Bonchev–Trinajstić information content (AvgIpc) is 3.08. The molecule has 0 bridgehead atoms. The van der Waals surface area contributed by atoms with E-state index in [1.54, 1.807) is 29.2 Å². The van der Waals surface area contributed by atoms with E-state index < -0.39 is 11.1 Å². The van der Waals surface area contributed by atoms with Crippen molar-refractivity contribution >= 4 is 57.5 Å². The van der Waals surface area contributed by atoms with Gasteiger partial charge in [-0.3, -0.25) is 19.3 Å². The Balaban J connectivity index is 1.49. The fraction of sp³-hybridized carbons (Fsp3) is 0.333. The van der Waals surface area contributed by atoms with Crippen LogP contribution in [0.15, 0.2) is 41.3 Å². The number of methoxy groups -OCH3 is 1. The van der Waals surface area contributed by atoms with Crippen molar-refractivity contribution in [2.24, 2.45) is 0 Å². The second-order valence-electron chi connectivity index (χ2n) is 8.65. The lowest BCUT2D eigenvalue weighted by Crippen LogP contribution is -2.42. The number of hydrogen-bond acceptors (Lipinski definition) is 7. The van der Waals surface area contributed by atoms with E-state index in [0.29, 0.717) is 35.7 Å². The summed E-state index contributed by atoms with van der Waals surface area (Å²) in [5.74, 6) is 0.314. The smallest absolute Gasteiger partial charge is 0.294 e. The van der Waals surface area contributed by atoms with Gasteiger partial charge in [0.2, 0.25) is 5.91 Å². The molecule has 8 nitrogen and oxygen atoms in total. The van der Waals surface area contributed by atoms with Gasteiger partial charge in [0.15, 0.2) is 11.5 Å². The Morgan fingerprint density at radius 3 is 2.59 bits per heavy atom. The minimum absolute atomic E-state index is 0.193. The molecule has 0 aromatic heterocycles. The fourth-order valence-corrected chi connectivity index (χ4v) is 5.83. The van der Waals surface area contributed by atoms with Crippen molar-refractivity contribution < 1.29 is 23.9 Å². The number of nitrogens with zero attached hydrogens (tertiary/aromatic N) is 3. The maximum absolute atomic E-state index is 13.0. The monoisotopic (exact) mass is 631 g/mol. The van der Waals surface area contributed by atoms with Crippen LogP contribution in [0, 0.1) is 14.9 Å². The van der Waals surface area contributed by atoms with Crippen molar-refractivity contribution in [2.75, 3.05) is 26.7 Å². The first-order valence-corrected chi connectivity index (χ1v) is 13.8. The van der Waals surface area contributed by atoms with Crippen LogP contribution in [0.3, 0.4) is 0 Å². The van der Waals surface area contributed by atoms with Crippen LogP contribution in [0.5, 0.6) is 11.5 Å². The molecular weight excluding hydrogens is 605 g/mol. The Hall–Kier alpha value is -3.04. The topological polar surface area (TPSA) is 99.9 Å². The van der Waals surface area contributed by atoms with Crippen molar-refractivity contribution in [3.05, 3.63) is 61.6 Å². The number of benzene rings is 2. The van der Waals surface area contributed by atoms with Crippen LogP contribution >= 0.6 is 34.4 Å². The van der Waals surface area contributed by atoms with Crippen LogP contribution in [0.25, 0.3) is 6.08 Å². The third kappa shape index (κ3) is 6.45. The molecule has 0 atom stereocenters. The van der Waals surface area contributed by atoms with Crippen molar-refractivity contribution in [1.82, 2.24) is 9.80 Å². The fourth-order valence-electron chi connectivity index (χ4n) is 4.21. The SMILES string of the molecule is COc1cc(C=C2SC(=O)N(CC(=O)N3CCCCCC3)C2=O)cc(I)c1OCc1ccccc1C#N. The summed E-state index contributed by atoms with van der Waals surface area (Å²) in [4.78, 5) is 41.3. The standard InChI is InChI=1S/C27H26IN3O5S/c1-35-22-13-18(12-21(28)25(22)36-17-20-9-5-4-8-19(20)15-29)14-23-26(33)31(27(34)37-23)16-24(32)30-10-6-2-3-7-11-30/h4-5,8-9,12-14H,2-3,6-7,10-11,16-17H2,1H3. The molecule has 0 saturated carbocycles. The first-order valence-electron chi connectivity index (χ1n) is 11.9. The van der Waals surface area contributed by atoms with Gasteiger partial charge in [-0.05, 0) is 77.0 Å². The number of imide groups is 1. The largest absolute Gasteiger partial charge is 0.493 e. The summed E-state index contributed by atoms with van der Waals surface area (Å²) in [7, 11) is 1.52. The van der Waals surface area contributed by atoms with E-state index >= 15 is 0 Å². The van der Waals surface area contributed by atoms with Crippen LogP contribution in [0.2, 0.25) is 0 Å². The molecule has 37 heavy (non-hydrogen) atoms. The molecule has 192 valence electrons. The van der Waals surface area contributed by atoms with E-state index in [1.165, 1.54) is 7.11 Å². The van der Waals surface area contributed by atoms with Crippen LogP contribution < -0.4 is 9.47 Å². The highest BCUT2D eigenvalue weighted by molar-refractivity contribution is 14.1. The van der Waals surface area contributed by atoms with Crippen LogP contribution in [-0.2, 0) is 16.2 Å². The molecule has 10 heteroatoms. The number of thioether (sulfide) groups is 1. The first kappa shape index (κ1) is 27.0. The van der Waals surface area contributed by atoms with E-state index in [2.05, 4.69) is 28.7 Å². The Bertz CT molecular complexity index is 1280. The predicted octanol–water partition coefficient (Wildman–Crippen LogP) is 5.19. The number of ether oxygens (including phenoxy) is 2. The molecule has 0 unspecified atom stereocenters. The van der Waals surface area contributed by atoms with Gasteiger partial charge >= 0.3 is 0 Å². The van der Waals surface area contributed by atoms with Gasteiger partial charge in [-0.2, -0.15) is 5.26 Å². The van der Waals surface area contributed by atoms with Gasteiger partial charge in [0, 0.05) is 18.7 Å². The molecular formula is C27H26IN3O5S. The summed E-state index contributed by atoms with van der Waals surface area (Å²) < 4.78 is 12.3. The van der Waals surface area contributed by atoms with Crippen molar-refractivity contribution in [1.29, 1.82) is 5.26 Å². The molecule has 2 heterocycles. The zero-order valence-electron chi connectivity index (χ0n) is 20.4. The Morgan fingerprint density at radius 1 is 1.16 bits per heavy atom. The number of amides is 3. The number of likely N-dealkylation sites (tertiary alicyclic amines) is 1. The van der Waals surface area contributed by atoms with Crippen molar-refractivity contribution in [3.8, 4) is 17.6 Å². The second kappa shape index (κ2) is 12.5. The van der Waals surface area contributed by atoms with Crippen molar-refractivity contribution in [2.45, 2.75) is 32.3 Å². The lowest BCUT2D eigenvalue weighted by atomic mass is 10.1. The molecule has 2 aliphatic rings. The molecule has 2 aromatic carbocycles. The summed E-state index contributed by atoms with van der Waals surface area (Å²) >= 11 is 2.95. The Labute approximate surface area is 233 Å². The minimum atomic E-state index is -0.472. The van der Waals surface area contributed by atoms with Gasteiger partial charge in [0.1, 0.15) is 13.2 Å². The summed E-state index contributed by atoms with van der Waals surface area (Å²) in [5.41, 5.74) is 1.96. The molecule has 0 aliphatic carbocycles. The molecule has 0 N–H and O–H groups in total.